The summed E-state index contributed by atoms with van der Waals surface area (Å²) in [6.07, 6.45) is 11.0. The molecule has 65 valence electrons. The smallest absolute Gasteiger partial charge is 0.0386 e. The normalized spacial score (nSPS) is 23.2. The summed E-state index contributed by atoms with van der Waals surface area (Å²) in [5, 5.41) is 0. The van der Waals surface area contributed by atoms with Gasteiger partial charge in [0.05, 0.1) is 0 Å². The molecule has 1 radical (unpaired) electrons. The topological polar surface area (TPSA) is 0 Å². The highest BCUT2D eigenvalue weighted by molar-refractivity contribution is 4.73. The third-order valence-electron chi connectivity index (χ3n) is 2.92. The molecule has 1 fully saturated rings. The second-order valence-electron chi connectivity index (χ2n) is 4.15. The summed E-state index contributed by atoms with van der Waals surface area (Å²) in [6, 6.07) is 0. The van der Waals surface area contributed by atoms with E-state index in [9.17, 15) is 0 Å². The van der Waals surface area contributed by atoms with E-state index in [1.54, 1.807) is 0 Å². The van der Waals surface area contributed by atoms with Crippen LogP contribution in [0.2, 0.25) is 0 Å². The van der Waals surface area contributed by atoms with Gasteiger partial charge in [-0.15, -0.1) is 0 Å². The van der Waals surface area contributed by atoms with Gasteiger partial charge < -0.3 is 0 Å². The molecular formula is C11H21. The van der Waals surface area contributed by atoms with Crippen molar-refractivity contribution in [1.82, 2.24) is 0 Å². The van der Waals surface area contributed by atoms with Crippen molar-refractivity contribution < 1.29 is 0 Å². The van der Waals surface area contributed by atoms with Crippen molar-refractivity contribution in [3.05, 3.63) is 6.42 Å². The predicted molar refractivity (Wildman–Crippen MR) is 50.3 cm³/mol. The van der Waals surface area contributed by atoms with E-state index in [1.807, 2.05) is 0 Å². The Balaban J connectivity index is 2.26. The van der Waals surface area contributed by atoms with Crippen molar-refractivity contribution in [2.24, 2.45) is 11.8 Å². The predicted octanol–water partition coefficient (Wildman–Crippen LogP) is 3.82. The summed E-state index contributed by atoms with van der Waals surface area (Å²) < 4.78 is 0. The zero-order valence-electron chi connectivity index (χ0n) is 7.97. The van der Waals surface area contributed by atoms with Crippen molar-refractivity contribution in [1.29, 1.82) is 0 Å². The zero-order valence-corrected chi connectivity index (χ0v) is 7.97. The Kier molecular flexibility index (Phi) is 3.96. The molecule has 1 unspecified atom stereocenters. The molecule has 0 amide bonds. The van der Waals surface area contributed by atoms with Crippen LogP contribution >= 0.6 is 0 Å². The lowest BCUT2D eigenvalue weighted by Gasteiger charge is -2.22. The van der Waals surface area contributed by atoms with Gasteiger partial charge in [0.1, 0.15) is 0 Å². The SMILES string of the molecule is CC(C)C1CC[CH]CCCC1. The Morgan fingerprint density at radius 1 is 1.09 bits per heavy atom. The van der Waals surface area contributed by atoms with Gasteiger partial charge in [-0.25, -0.2) is 0 Å². The largest absolute Gasteiger partial charge is 0.0625 e. The van der Waals surface area contributed by atoms with Crippen LogP contribution in [0, 0.1) is 18.3 Å². The van der Waals surface area contributed by atoms with Crippen molar-refractivity contribution in [2.45, 2.75) is 52.4 Å². The number of hydrogen-bond donors (Lipinski definition) is 0. The molecule has 0 spiro atoms. The molecule has 0 aromatic heterocycles. The van der Waals surface area contributed by atoms with Gasteiger partial charge >= 0.3 is 0 Å². The molecule has 1 saturated carbocycles. The first-order chi connectivity index (χ1) is 5.30. The second-order valence-corrected chi connectivity index (χ2v) is 4.15. The number of rotatable bonds is 1. The van der Waals surface area contributed by atoms with Crippen LogP contribution in [0.25, 0.3) is 0 Å². The Labute approximate surface area is 71.4 Å². The van der Waals surface area contributed by atoms with Crippen LogP contribution in [-0.2, 0) is 0 Å². The summed E-state index contributed by atoms with van der Waals surface area (Å²) in [4.78, 5) is 0. The number of hydrogen-bond acceptors (Lipinski definition) is 0. The third kappa shape index (κ3) is 3.27. The molecule has 0 aliphatic heterocycles. The molecule has 0 bridgehead atoms. The molecule has 1 aliphatic rings. The van der Waals surface area contributed by atoms with Crippen molar-refractivity contribution in [2.75, 3.05) is 0 Å². The second kappa shape index (κ2) is 4.79. The van der Waals surface area contributed by atoms with Crippen LogP contribution in [0.3, 0.4) is 0 Å². The van der Waals surface area contributed by atoms with Crippen LogP contribution in [0.5, 0.6) is 0 Å². The molecule has 1 atom stereocenters. The Morgan fingerprint density at radius 3 is 2.64 bits per heavy atom. The first-order valence-electron chi connectivity index (χ1n) is 5.12. The van der Waals surface area contributed by atoms with Crippen molar-refractivity contribution in [3.63, 3.8) is 0 Å². The van der Waals surface area contributed by atoms with Crippen LogP contribution < -0.4 is 0 Å². The minimum atomic E-state index is 0.904. The van der Waals surface area contributed by atoms with Crippen LogP contribution in [-0.4, -0.2) is 0 Å². The van der Waals surface area contributed by atoms with Crippen molar-refractivity contribution in [3.8, 4) is 0 Å². The first kappa shape index (κ1) is 9.09. The summed E-state index contributed by atoms with van der Waals surface area (Å²) in [5.74, 6) is 1.91. The van der Waals surface area contributed by atoms with Gasteiger partial charge in [-0.1, -0.05) is 39.5 Å². The van der Waals surface area contributed by atoms with Crippen LogP contribution in [0.4, 0.5) is 0 Å². The highest BCUT2D eigenvalue weighted by atomic mass is 14.2. The van der Waals surface area contributed by atoms with Gasteiger partial charge in [0.2, 0.25) is 0 Å². The maximum absolute atomic E-state index is 2.48. The molecule has 0 heteroatoms. The summed E-state index contributed by atoms with van der Waals surface area (Å²) >= 11 is 0. The lowest BCUT2D eigenvalue weighted by Crippen LogP contribution is -2.10. The molecule has 1 aliphatic carbocycles. The Morgan fingerprint density at radius 2 is 1.91 bits per heavy atom. The zero-order chi connectivity index (χ0) is 8.10. The Bertz CT molecular complexity index is 86.2. The molecule has 11 heavy (non-hydrogen) atoms. The van der Waals surface area contributed by atoms with E-state index >= 15 is 0 Å². The minimum absolute atomic E-state index is 0.904. The van der Waals surface area contributed by atoms with Gasteiger partial charge in [0, 0.05) is 0 Å². The van der Waals surface area contributed by atoms with Crippen LogP contribution in [0.1, 0.15) is 52.4 Å². The highest BCUT2D eigenvalue weighted by Gasteiger charge is 2.13. The van der Waals surface area contributed by atoms with Gasteiger partial charge in [-0.05, 0) is 31.1 Å². The summed E-state index contributed by atoms with van der Waals surface area (Å²) in [5.41, 5.74) is 0. The third-order valence-corrected chi connectivity index (χ3v) is 2.92. The molecule has 0 heterocycles. The fourth-order valence-electron chi connectivity index (χ4n) is 1.98. The highest BCUT2D eigenvalue weighted by Crippen LogP contribution is 2.27. The molecule has 0 nitrogen and oxygen atoms in total. The average molecular weight is 153 g/mol. The standard InChI is InChI=1S/C11H21/c1-10(2)11-8-6-4-3-5-7-9-11/h4,10-11H,3,5-9H2,1-2H3. The molecular weight excluding hydrogens is 132 g/mol. The Hall–Kier alpha value is 0. The van der Waals surface area contributed by atoms with E-state index < -0.39 is 0 Å². The molecule has 0 N–H and O–H groups in total. The summed E-state index contributed by atoms with van der Waals surface area (Å²) in [7, 11) is 0. The fourth-order valence-corrected chi connectivity index (χ4v) is 1.98. The maximum Gasteiger partial charge on any atom is -0.0386 e. The maximum atomic E-state index is 2.48. The molecule has 0 aromatic carbocycles. The van der Waals surface area contributed by atoms with E-state index in [4.69, 9.17) is 0 Å². The van der Waals surface area contributed by atoms with Gasteiger partial charge in [0.15, 0.2) is 0 Å². The van der Waals surface area contributed by atoms with E-state index in [0.29, 0.717) is 0 Å². The fraction of sp³-hybridized carbons (Fsp3) is 0.909. The first-order valence-corrected chi connectivity index (χ1v) is 5.12. The van der Waals surface area contributed by atoms with E-state index in [-0.39, 0.29) is 0 Å². The van der Waals surface area contributed by atoms with E-state index in [2.05, 4.69) is 20.3 Å². The molecule has 0 saturated heterocycles. The lowest BCUT2D eigenvalue weighted by molar-refractivity contribution is 0.314. The van der Waals surface area contributed by atoms with Gasteiger partial charge in [0.25, 0.3) is 0 Å². The quantitative estimate of drug-likeness (QED) is 0.537. The van der Waals surface area contributed by atoms with Gasteiger partial charge in [-0.2, -0.15) is 0 Å². The average Bonchev–Trinajstić information content (AvgIpc) is 1.84. The van der Waals surface area contributed by atoms with E-state index in [0.717, 1.165) is 11.8 Å². The van der Waals surface area contributed by atoms with Gasteiger partial charge in [-0.3, -0.25) is 0 Å². The minimum Gasteiger partial charge on any atom is -0.0625 e. The lowest BCUT2D eigenvalue weighted by atomic mass is 9.84. The monoisotopic (exact) mass is 153 g/mol. The van der Waals surface area contributed by atoms with Crippen LogP contribution in [0.15, 0.2) is 0 Å². The van der Waals surface area contributed by atoms with Crippen molar-refractivity contribution >= 4 is 0 Å². The molecule has 0 aromatic rings. The van der Waals surface area contributed by atoms with E-state index in [1.165, 1.54) is 38.5 Å². The summed E-state index contributed by atoms with van der Waals surface area (Å²) in [6.45, 7) is 4.73. The molecule has 1 rings (SSSR count).